The summed E-state index contributed by atoms with van der Waals surface area (Å²) in [6.07, 6.45) is 5.64. The summed E-state index contributed by atoms with van der Waals surface area (Å²) >= 11 is 0. The van der Waals surface area contributed by atoms with Crippen LogP contribution in [0.4, 0.5) is 4.39 Å². The van der Waals surface area contributed by atoms with Crippen molar-refractivity contribution in [2.24, 2.45) is 5.73 Å². The van der Waals surface area contributed by atoms with E-state index in [2.05, 4.69) is 20.2 Å². The van der Waals surface area contributed by atoms with Crippen LogP contribution < -0.4 is 10.5 Å². The molecule has 1 atom stereocenters. The Hall–Kier alpha value is -3.32. The Balaban J connectivity index is 1.45. The van der Waals surface area contributed by atoms with Crippen molar-refractivity contribution in [3.05, 3.63) is 72.1 Å². The standard InChI is InChI=1S/C21H20FN5O/c1-13-19-8-20(25-11-21(19)27-26-13)15-7-18(10-24-9-15)28-12-17(23)6-14-3-2-4-16(22)5-14/h2-5,7-11,17H,6,12,23H2,1H3,(H,26,27)/t17-/m0/s1. The first-order valence-corrected chi connectivity index (χ1v) is 8.97. The summed E-state index contributed by atoms with van der Waals surface area (Å²) in [5, 5.41) is 8.17. The zero-order valence-corrected chi connectivity index (χ0v) is 15.4. The number of H-pyrrole nitrogens is 1. The molecule has 0 aliphatic heterocycles. The van der Waals surface area contributed by atoms with Crippen LogP contribution in [-0.2, 0) is 6.42 Å². The zero-order chi connectivity index (χ0) is 19.5. The number of pyridine rings is 2. The van der Waals surface area contributed by atoms with Gasteiger partial charge in [-0.05, 0) is 43.2 Å². The van der Waals surface area contributed by atoms with Crippen LogP contribution in [0.25, 0.3) is 22.2 Å². The summed E-state index contributed by atoms with van der Waals surface area (Å²) in [5.74, 6) is 0.345. The zero-order valence-electron chi connectivity index (χ0n) is 15.4. The van der Waals surface area contributed by atoms with Gasteiger partial charge in [-0.3, -0.25) is 15.1 Å². The Morgan fingerprint density at radius 3 is 2.93 bits per heavy atom. The lowest BCUT2D eigenvalue weighted by Gasteiger charge is -2.14. The van der Waals surface area contributed by atoms with Crippen molar-refractivity contribution in [3.63, 3.8) is 0 Å². The largest absolute Gasteiger partial charge is 0.490 e. The molecule has 28 heavy (non-hydrogen) atoms. The van der Waals surface area contributed by atoms with Crippen LogP contribution in [0.5, 0.6) is 5.75 Å². The van der Waals surface area contributed by atoms with E-state index < -0.39 is 0 Å². The molecule has 142 valence electrons. The molecule has 3 N–H and O–H groups in total. The molecule has 3 aromatic heterocycles. The van der Waals surface area contributed by atoms with E-state index in [1.807, 2.05) is 25.1 Å². The first kappa shape index (κ1) is 18.1. The number of aromatic nitrogens is 4. The maximum absolute atomic E-state index is 13.3. The number of nitrogens with one attached hydrogen (secondary N) is 1. The van der Waals surface area contributed by atoms with Gasteiger partial charge >= 0.3 is 0 Å². The third-order valence-electron chi connectivity index (χ3n) is 4.49. The molecule has 0 aliphatic rings. The molecule has 0 saturated heterocycles. The minimum atomic E-state index is -0.264. The van der Waals surface area contributed by atoms with Crippen molar-refractivity contribution in [1.82, 2.24) is 20.2 Å². The average molecular weight is 377 g/mol. The van der Waals surface area contributed by atoms with Crippen molar-refractivity contribution < 1.29 is 9.13 Å². The molecule has 0 spiro atoms. The topological polar surface area (TPSA) is 89.7 Å². The maximum atomic E-state index is 13.3. The van der Waals surface area contributed by atoms with E-state index in [9.17, 15) is 4.39 Å². The summed E-state index contributed by atoms with van der Waals surface area (Å²) in [7, 11) is 0. The first-order chi connectivity index (χ1) is 13.6. The molecule has 1 aromatic carbocycles. The number of rotatable bonds is 6. The van der Waals surface area contributed by atoms with E-state index in [1.54, 1.807) is 24.7 Å². The summed E-state index contributed by atoms with van der Waals surface area (Å²) in [5.41, 5.74) is 10.4. The Labute approximate surface area is 161 Å². The van der Waals surface area contributed by atoms with Gasteiger partial charge in [0.05, 0.1) is 18.1 Å². The molecule has 0 unspecified atom stereocenters. The third-order valence-corrected chi connectivity index (χ3v) is 4.49. The van der Waals surface area contributed by atoms with Gasteiger partial charge in [-0.2, -0.15) is 5.10 Å². The van der Waals surface area contributed by atoms with E-state index in [1.165, 1.54) is 12.1 Å². The van der Waals surface area contributed by atoms with Gasteiger partial charge in [-0.1, -0.05) is 12.1 Å². The normalized spacial score (nSPS) is 12.2. The number of halogens is 1. The third kappa shape index (κ3) is 3.99. The van der Waals surface area contributed by atoms with Gasteiger partial charge in [0.2, 0.25) is 0 Å². The Bertz CT molecular complexity index is 1110. The summed E-state index contributed by atoms with van der Waals surface area (Å²) in [6.45, 7) is 2.27. The summed E-state index contributed by atoms with van der Waals surface area (Å²) in [6, 6.07) is 10.0. The summed E-state index contributed by atoms with van der Waals surface area (Å²) < 4.78 is 19.1. The highest BCUT2D eigenvalue weighted by molar-refractivity contribution is 5.84. The van der Waals surface area contributed by atoms with E-state index in [0.717, 1.165) is 33.4 Å². The number of aryl methyl sites for hydroxylation is 1. The number of benzene rings is 1. The van der Waals surface area contributed by atoms with Crippen LogP contribution in [0.3, 0.4) is 0 Å². The Morgan fingerprint density at radius 2 is 2.07 bits per heavy atom. The highest BCUT2D eigenvalue weighted by atomic mass is 19.1. The molecule has 0 bridgehead atoms. The van der Waals surface area contributed by atoms with E-state index in [-0.39, 0.29) is 11.9 Å². The predicted molar refractivity (Wildman–Crippen MR) is 105 cm³/mol. The van der Waals surface area contributed by atoms with E-state index in [4.69, 9.17) is 10.5 Å². The average Bonchev–Trinajstić information content (AvgIpc) is 3.07. The van der Waals surface area contributed by atoms with Gasteiger partial charge in [0.15, 0.2) is 0 Å². The maximum Gasteiger partial charge on any atom is 0.138 e. The lowest BCUT2D eigenvalue weighted by atomic mass is 10.1. The smallest absolute Gasteiger partial charge is 0.138 e. The summed E-state index contributed by atoms with van der Waals surface area (Å²) in [4.78, 5) is 8.70. The molecule has 0 aliphatic carbocycles. The number of hydrogen-bond acceptors (Lipinski definition) is 5. The second-order valence-electron chi connectivity index (χ2n) is 6.75. The highest BCUT2D eigenvalue weighted by Gasteiger charge is 2.09. The number of aromatic amines is 1. The van der Waals surface area contributed by atoms with Gasteiger partial charge in [0.1, 0.15) is 23.7 Å². The second-order valence-corrected chi connectivity index (χ2v) is 6.75. The number of ether oxygens (including phenoxy) is 1. The molecule has 0 amide bonds. The molecular weight excluding hydrogens is 357 g/mol. The van der Waals surface area contributed by atoms with Gasteiger partial charge < -0.3 is 10.5 Å². The van der Waals surface area contributed by atoms with Crippen LogP contribution in [-0.4, -0.2) is 32.8 Å². The van der Waals surface area contributed by atoms with E-state index in [0.29, 0.717) is 18.8 Å². The second kappa shape index (κ2) is 7.74. The van der Waals surface area contributed by atoms with Crippen molar-refractivity contribution in [2.75, 3.05) is 6.61 Å². The van der Waals surface area contributed by atoms with Gasteiger partial charge in [-0.15, -0.1) is 0 Å². The quantitative estimate of drug-likeness (QED) is 0.537. The van der Waals surface area contributed by atoms with Crippen LogP contribution in [0, 0.1) is 12.7 Å². The Morgan fingerprint density at radius 1 is 1.18 bits per heavy atom. The molecule has 3 heterocycles. The van der Waals surface area contributed by atoms with Gasteiger partial charge in [0.25, 0.3) is 0 Å². The van der Waals surface area contributed by atoms with Crippen molar-refractivity contribution in [3.8, 4) is 17.0 Å². The van der Waals surface area contributed by atoms with Crippen LogP contribution in [0.2, 0.25) is 0 Å². The molecule has 7 heteroatoms. The van der Waals surface area contributed by atoms with E-state index >= 15 is 0 Å². The van der Waals surface area contributed by atoms with Gasteiger partial charge in [0, 0.05) is 28.9 Å². The van der Waals surface area contributed by atoms with Crippen LogP contribution in [0.15, 0.2) is 55.0 Å². The Kier molecular flexibility index (Phi) is 4.99. The molecule has 6 nitrogen and oxygen atoms in total. The first-order valence-electron chi connectivity index (χ1n) is 8.97. The predicted octanol–water partition coefficient (Wildman–Crippen LogP) is 3.42. The monoisotopic (exact) mass is 377 g/mol. The number of fused-ring (bicyclic) bond motifs is 1. The lowest BCUT2D eigenvalue weighted by Crippen LogP contribution is -2.30. The molecule has 0 fully saturated rings. The molecule has 4 rings (SSSR count). The number of nitrogens with zero attached hydrogens (tertiary/aromatic N) is 3. The highest BCUT2D eigenvalue weighted by Crippen LogP contribution is 2.24. The number of nitrogens with two attached hydrogens (primary N) is 1. The lowest BCUT2D eigenvalue weighted by molar-refractivity contribution is 0.286. The molecule has 0 radical (unpaired) electrons. The minimum absolute atomic E-state index is 0.256. The van der Waals surface area contributed by atoms with Crippen molar-refractivity contribution in [2.45, 2.75) is 19.4 Å². The molecule has 4 aromatic rings. The van der Waals surface area contributed by atoms with Crippen molar-refractivity contribution >= 4 is 10.9 Å². The van der Waals surface area contributed by atoms with Crippen molar-refractivity contribution in [1.29, 1.82) is 0 Å². The molecule has 0 saturated carbocycles. The fraction of sp³-hybridized carbons (Fsp3) is 0.190. The van der Waals surface area contributed by atoms with Gasteiger partial charge in [-0.25, -0.2) is 4.39 Å². The fourth-order valence-corrected chi connectivity index (χ4v) is 3.07. The SMILES string of the molecule is Cc1[nH]nc2cnc(-c3cncc(OC[C@@H](N)Cc4cccc(F)c4)c3)cc12. The molecular formula is C21H20FN5O. The minimum Gasteiger partial charge on any atom is -0.490 e. The fourth-order valence-electron chi connectivity index (χ4n) is 3.07. The number of hydrogen-bond donors (Lipinski definition) is 2. The van der Waals surface area contributed by atoms with Crippen LogP contribution >= 0.6 is 0 Å². The van der Waals surface area contributed by atoms with Crippen LogP contribution in [0.1, 0.15) is 11.3 Å².